The smallest absolute Gasteiger partial charge is 0.248 e. The summed E-state index contributed by atoms with van der Waals surface area (Å²) in [6, 6.07) is 3.09. The van der Waals surface area contributed by atoms with Gasteiger partial charge in [0.25, 0.3) is 0 Å². The first-order valence-electron chi connectivity index (χ1n) is 6.75. The van der Waals surface area contributed by atoms with Gasteiger partial charge in [0.15, 0.2) is 0 Å². The van der Waals surface area contributed by atoms with Gasteiger partial charge in [0.1, 0.15) is 18.2 Å². The van der Waals surface area contributed by atoms with Gasteiger partial charge in [-0.25, -0.2) is 8.78 Å². The van der Waals surface area contributed by atoms with Crippen LogP contribution < -0.4 is 0 Å². The normalized spacial score (nSPS) is 17.8. The third kappa shape index (κ3) is 3.96. The molecular formula is C14H18F2N2O3. The van der Waals surface area contributed by atoms with Crippen LogP contribution in [0.1, 0.15) is 11.7 Å². The zero-order chi connectivity index (χ0) is 15.4. The highest BCUT2D eigenvalue weighted by atomic mass is 19.1. The first-order chi connectivity index (χ1) is 10.0. The molecule has 1 aliphatic rings. The van der Waals surface area contributed by atoms with Crippen molar-refractivity contribution in [1.29, 1.82) is 0 Å². The summed E-state index contributed by atoms with van der Waals surface area (Å²) in [6.45, 7) is 1.68. The van der Waals surface area contributed by atoms with E-state index in [0.29, 0.717) is 26.2 Å². The molecular weight excluding hydrogens is 282 g/mol. The number of benzene rings is 1. The molecule has 0 bridgehead atoms. The van der Waals surface area contributed by atoms with E-state index >= 15 is 0 Å². The van der Waals surface area contributed by atoms with Gasteiger partial charge >= 0.3 is 0 Å². The number of aliphatic hydroxyl groups is 2. The van der Waals surface area contributed by atoms with Gasteiger partial charge in [0.2, 0.25) is 5.91 Å². The number of hydrogen-bond acceptors (Lipinski definition) is 4. The Balaban J connectivity index is 1.89. The van der Waals surface area contributed by atoms with Crippen LogP contribution in [0.15, 0.2) is 18.2 Å². The molecule has 0 saturated carbocycles. The second-order valence-electron chi connectivity index (χ2n) is 5.02. The summed E-state index contributed by atoms with van der Waals surface area (Å²) in [6.07, 6.45) is -1.05. The predicted octanol–water partition coefficient (Wildman–Crippen LogP) is 0.135. The molecule has 1 unspecified atom stereocenters. The van der Waals surface area contributed by atoms with Crippen molar-refractivity contribution in [2.75, 3.05) is 39.3 Å². The topological polar surface area (TPSA) is 64.0 Å². The van der Waals surface area contributed by atoms with Crippen molar-refractivity contribution in [3.8, 4) is 0 Å². The average molecular weight is 300 g/mol. The maximum absolute atomic E-state index is 13.6. The number of piperazine rings is 1. The second kappa shape index (κ2) is 6.93. The summed E-state index contributed by atoms with van der Waals surface area (Å²) in [7, 11) is 0. The fourth-order valence-corrected chi connectivity index (χ4v) is 2.39. The molecule has 1 saturated heterocycles. The molecule has 1 aromatic rings. The minimum Gasteiger partial charge on any atom is -0.387 e. The summed E-state index contributed by atoms with van der Waals surface area (Å²) >= 11 is 0. The largest absolute Gasteiger partial charge is 0.387 e. The van der Waals surface area contributed by atoms with Crippen LogP contribution in [0.5, 0.6) is 0 Å². The summed E-state index contributed by atoms with van der Waals surface area (Å²) in [4.78, 5) is 14.8. The number of amides is 1. The quantitative estimate of drug-likeness (QED) is 0.830. The molecule has 0 radical (unpaired) electrons. The average Bonchev–Trinajstić information content (AvgIpc) is 2.47. The van der Waals surface area contributed by atoms with Crippen molar-refractivity contribution in [3.63, 3.8) is 0 Å². The molecule has 1 heterocycles. The molecule has 1 aliphatic heterocycles. The molecule has 21 heavy (non-hydrogen) atoms. The van der Waals surface area contributed by atoms with Crippen LogP contribution in [0.25, 0.3) is 0 Å². The van der Waals surface area contributed by atoms with Crippen LogP contribution in [0.2, 0.25) is 0 Å². The van der Waals surface area contributed by atoms with E-state index in [9.17, 15) is 18.7 Å². The summed E-state index contributed by atoms with van der Waals surface area (Å²) in [5.74, 6) is -1.77. The zero-order valence-corrected chi connectivity index (χ0v) is 11.5. The first-order valence-corrected chi connectivity index (χ1v) is 6.75. The maximum Gasteiger partial charge on any atom is 0.248 e. The van der Waals surface area contributed by atoms with E-state index < -0.39 is 24.3 Å². The van der Waals surface area contributed by atoms with Crippen molar-refractivity contribution in [3.05, 3.63) is 35.4 Å². The molecule has 116 valence electrons. The third-order valence-corrected chi connectivity index (χ3v) is 3.61. The van der Waals surface area contributed by atoms with Crippen LogP contribution in [0.4, 0.5) is 8.78 Å². The second-order valence-corrected chi connectivity index (χ2v) is 5.02. The zero-order valence-electron chi connectivity index (χ0n) is 11.5. The lowest BCUT2D eigenvalue weighted by Crippen LogP contribution is -2.50. The highest BCUT2D eigenvalue weighted by Gasteiger charge is 2.23. The van der Waals surface area contributed by atoms with Gasteiger partial charge in [-0.2, -0.15) is 0 Å². The molecule has 7 heteroatoms. The molecule has 1 atom stereocenters. The third-order valence-electron chi connectivity index (χ3n) is 3.61. The molecule has 0 spiro atoms. The standard InChI is InChI=1S/C14H18F2N2O3/c15-10-1-2-11(12(16)7-10)13(20)8-17-3-5-18(6-4-17)14(21)9-19/h1-2,7,13,19-20H,3-6,8-9H2. The van der Waals surface area contributed by atoms with Crippen LogP contribution >= 0.6 is 0 Å². The molecule has 0 aromatic heterocycles. The summed E-state index contributed by atoms with van der Waals surface area (Å²) < 4.78 is 26.4. The van der Waals surface area contributed by atoms with E-state index in [1.165, 1.54) is 6.07 Å². The molecule has 1 aromatic carbocycles. The van der Waals surface area contributed by atoms with Crippen molar-refractivity contribution in [2.24, 2.45) is 0 Å². The lowest BCUT2D eigenvalue weighted by molar-refractivity contribution is -0.136. The van der Waals surface area contributed by atoms with Crippen LogP contribution in [-0.4, -0.2) is 65.3 Å². The van der Waals surface area contributed by atoms with Crippen molar-refractivity contribution < 1.29 is 23.8 Å². The highest BCUT2D eigenvalue weighted by Crippen LogP contribution is 2.19. The van der Waals surface area contributed by atoms with Gasteiger partial charge in [0.05, 0.1) is 6.10 Å². The molecule has 1 fully saturated rings. The summed E-state index contributed by atoms with van der Waals surface area (Å²) in [5, 5.41) is 18.8. The number of carbonyl (C=O) groups is 1. The van der Waals surface area contributed by atoms with Gasteiger partial charge in [-0.05, 0) is 6.07 Å². The number of hydrogen-bond donors (Lipinski definition) is 2. The number of halogens is 2. The Bertz CT molecular complexity index is 505. The molecule has 2 rings (SSSR count). The Labute approximate surface area is 121 Å². The Hall–Kier alpha value is -1.57. The molecule has 1 amide bonds. The Kier molecular flexibility index (Phi) is 5.22. The van der Waals surface area contributed by atoms with E-state index in [4.69, 9.17) is 5.11 Å². The predicted molar refractivity (Wildman–Crippen MR) is 71.4 cm³/mol. The highest BCUT2D eigenvalue weighted by molar-refractivity contribution is 5.77. The van der Waals surface area contributed by atoms with Gasteiger partial charge in [-0.1, -0.05) is 6.07 Å². The number of rotatable bonds is 4. The fourth-order valence-electron chi connectivity index (χ4n) is 2.39. The SMILES string of the molecule is O=C(CO)N1CCN(CC(O)c2ccc(F)cc2F)CC1. The fraction of sp³-hybridized carbons (Fsp3) is 0.500. The monoisotopic (exact) mass is 300 g/mol. The van der Waals surface area contributed by atoms with Crippen LogP contribution in [-0.2, 0) is 4.79 Å². The Morgan fingerprint density at radius 3 is 2.48 bits per heavy atom. The van der Waals surface area contributed by atoms with E-state index in [1.807, 2.05) is 4.90 Å². The number of nitrogens with zero attached hydrogens (tertiary/aromatic N) is 2. The summed E-state index contributed by atoms with van der Waals surface area (Å²) in [5.41, 5.74) is 0.0604. The van der Waals surface area contributed by atoms with Crippen molar-refractivity contribution in [1.82, 2.24) is 9.80 Å². The van der Waals surface area contributed by atoms with E-state index in [-0.39, 0.29) is 18.0 Å². The van der Waals surface area contributed by atoms with Gasteiger partial charge in [-0.3, -0.25) is 9.69 Å². The number of β-amino-alcohol motifs (C(OH)–C–C–N with tert-alkyl or cyclic N) is 1. The molecule has 2 N–H and O–H groups in total. The molecule has 0 aliphatic carbocycles. The van der Waals surface area contributed by atoms with E-state index in [1.54, 1.807) is 4.90 Å². The lowest BCUT2D eigenvalue weighted by Gasteiger charge is -2.35. The lowest BCUT2D eigenvalue weighted by atomic mass is 10.1. The van der Waals surface area contributed by atoms with Gasteiger partial charge < -0.3 is 15.1 Å². The maximum atomic E-state index is 13.6. The van der Waals surface area contributed by atoms with E-state index in [0.717, 1.165) is 12.1 Å². The minimum absolute atomic E-state index is 0.0604. The van der Waals surface area contributed by atoms with Crippen molar-refractivity contribution >= 4 is 5.91 Å². The first kappa shape index (κ1) is 15.8. The van der Waals surface area contributed by atoms with Crippen molar-refractivity contribution in [2.45, 2.75) is 6.10 Å². The van der Waals surface area contributed by atoms with Crippen LogP contribution in [0.3, 0.4) is 0 Å². The van der Waals surface area contributed by atoms with E-state index in [2.05, 4.69) is 0 Å². The van der Waals surface area contributed by atoms with Gasteiger partial charge in [0, 0.05) is 44.4 Å². The molecule has 5 nitrogen and oxygen atoms in total. The number of aliphatic hydroxyl groups excluding tert-OH is 2. The Morgan fingerprint density at radius 2 is 1.90 bits per heavy atom. The minimum atomic E-state index is -1.05. The van der Waals surface area contributed by atoms with Gasteiger partial charge in [-0.15, -0.1) is 0 Å². The number of carbonyl (C=O) groups excluding carboxylic acids is 1. The Morgan fingerprint density at radius 1 is 1.24 bits per heavy atom. The van der Waals surface area contributed by atoms with Crippen LogP contribution in [0, 0.1) is 11.6 Å².